The van der Waals surface area contributed by atoms with Gasteiger partial charge in [0.2, 0.25) is 0 Å². The molecule has 0 spiro atoms. The Morgan fingerprint density at radius 2 is 2.39 bits per heavy atom. The topological polar surface area (TPSA) is 83.9 Å². The van der Waals surface area contributed by atoms with Gasteiger partial charge in [0.1, 0.15) is 11.9 Å². The average Bonchev–Trinajstić information content (AvgIpc) is 3.27. The summed E-state index contributed by atoms with van der Waals surface area (Å²) in [5.74, 6) is 0.885. The zero-order valence-electron chi connectivity index (χ0n) is 12.2. The Hall–Kier alpha value is -1.90. The van der Waals surface area contributed by atoms with Gasteiger partial charge in [-0.05, 0) is 12.1 Å². The zero-order chi connectivity index (χ0) is 15.6. The van der Waals surface area contributed by atoms with E-state index in [2.05, 4.69) is 5.32 Å². The third-order valence-electron chi connectivity index (χ3n) is 4.72. The Balaban J connectivity index is 1.61. The predicted molar refractivity (Wildman–Crippen MR) is 84.2 cm³/mol. The van der Waals surface area contributed by atoms with Crippen LogP contribution in [0.15, 0.2) is 12.1 Å². The number of fused-ring (bicyclic) bond motifs is 4. The van der Waals surface area contributed by atoms with Crippen LogP contribution in [0, 0.1) is 0 Å². The van der Waals surface area contributed by atoms with E-state index < -0.39 is 0 Å². The van der Waals surface area contributed by atoms with Crippen LogP contribution < -0.4 is 15.0 Å². The molecule has 0 radical (unpaired) electrons. The van der Waals surface area contributed by atoms with E-state index in [0.717, 1.165) is 28.0 Å². The van der Waals surface area contributed by atoms with Crippen molar-refractivity contribution in [3.63, 3.8) is 0 Å². The van der Waals surface area contributed by atoms with Crippen molar-refractivity contribution >= 4 is 32.7 Å². The van der Waals surface area contributed by atoms with Crippen molar-refractivity contribution in [2.75, 3.05) is 24.7 Å². The summed E-state index contributed by atoms with van der Waals surface area (Å²) in [4.78, 5) is 18.7. The van der Waals surface area contributed by atoms with Crippen molar-refractivity contribution in [3.8, 4) is 5.75 Å². The second-order valence-corrected chi connectivity index (χ2v) is 6.96. The van der Waals surface area contributed by atoms with E-state index in [4.69, 9.17) is 14.5 Å². The summed E-state index contributed by atoms with van der Waals surface area (Å²) >= 11 is 1.49. The smallest absolute Gasteiger partial charge is 0.324 e. The normalized spacial score (nSPS) is 28.8. The third kappa shape index (κ3) is 1.82. The number of aliphatic hydroxyl groups excluding tert-OH is 1. The van der Waals surface area contributed by atoms with E-state index in [-0.39, 0.29) is 30.8 Å². The molecule has 0 bridgehead atoms. The summed E-state index contributed by atoms with van der Waals surface area (Å²) < 4.78 is 12.2. The Morgan fingerprint density at radius 1 is 1.48 bits per heavy atom. The lowest BCUT2D eigenvalue weighted by Crippen LogP contribution is -2.43. The molecule has 1 aromatic carbocycles. The van der Waals surface area contributed by atoms with E-state index in [1.807, 2.05) is 12.1 Å². The van der Waals surface area contributed by atoms with E-state index >= 15 is 0 Å². The minimum atomic E-state index is -0.375. The first-order valence-electron chi connectivity index (χ1n) is 7.63. The third-order valence-corrected chi connectivity index (χ3v) is 5.74. The van der Waals surface area contributed by atoms with Crippen molar-refractivity contribution < 1.29 is 19.4 Å². The number of amides is 2. The maximum absolute atomic E-state index is 12.4. The molecular weight excluding hydrogens is 318 g/mol. The molecule has 2 N–H and O–H groups in total. The Bertz CT molecular complexity index is 807. The fourth-order valence-electron chi connectivity index (χ4n) is 3.66. The van der Waals surface area contributed by atoms with Gasteiger partial charge in [0, 0.05) is 12.0 Å². The van der Waals surface area contributed by atoms with Crippen LogP contribution in [-0.2, 0) is 11.2 Å². The van der Waals surface area contributed by atoms with Gasteiger partial charge in [0.05, 0.1) is 42.1 Å². The lowest BCUT2D eigenvalue weighted by molar-refractivity contribution is 0.0508. The highest BCUT2D eigenvalue weighted by atomic mass is 32.1. The second-order valence-electron chi connectivity index (χ2n) is 5.95. The molecule has 3 aliphatic rings. The molecular formula is C15H15N3O4S. The fourth-order valence-corrected chi connectivity index (χ4v) is 4.69. The van der Waals surface area contributed by atoms with E-state index in [0.29, 0.717) is 18.3 Å². The first-order valence-corrected chi connectivity index (χ1v) is 8.45. The van der Waals surface area contributed by atoms with Crippen LogP contribution in [0.4, 0.5) is 9.93 Å². The fraction of sp³-hybridized carbons (Fsp3) is 0.467. The van der Waals surface area contributed by atoms with Gasteiger partial charge in [0.25, 0.3) is 0 Å². The number of carbonyl (C=O) groups excluding carboxylic acids is 1. The summed E-state index contributed by atoms with van der Waals surface area (Å²) in [5.41, 5.74) is 2.03. The van der Waals surface area contributed by atoms with Gasteiger partial charge in [-0.2, -0.15) is 0 Å². The zero-order valence-corrected chi connectivity index (χ0v) is 13.0. The standard InChI is InChI=1S/C15H15N3O4S/c19-5-10-13-8(6-22-10)16-14(20)18(13)15-17-12-7-3-4-21-9(7)1-2-11(12)23-15/h1-2,8,10,13,19H,3-6H2,(H,16,20)/t8-,10-,13-/m1/s1. The maximum atomic E-state index is 12.4. The number of benzene rings is 1. The van der Waals surface area contributed by atoms with Gasteiger partial charge in [-0.3, -0.25) is 4.90 Å². The molecule has 5 rings (SSSR count). The van der Waals surface area contributed by atoms with Crippen molar-refractivity contribution in [2.24, 2.45) is 0 Å². The Morgan fingerprint density at radius 3 is 3.26 bits per heavy atom. The number of nitrogens with one attached hydrogen (secondary N) is 1. The van der Waals surface area contributed by atoms with Gasteiger partial charge < -0.3 is 19.9 Å². The molecule has 7 nitrogen and oxygen atoms in total. The number of rotatable bonds is 2. The molecule has 2 fully saturated rings. The van der Waals surface area contributed by atoms with Crippen LogP contribution in [0.2, 0.25) is 0 Å². The second kappa shape index (κ2) is 4.80. The number of hydrogen-bond acceptors (Lipinski definition) is 6. The van der Waals surface area contributed by atoms with E-state index in [1.54, 1.807) is 4.90 Å². The Kier molecular flexibility index (Phi) is 2.82. The highest BCUT2D eigenvalue weighted by Gasteiger charge is 2.50. The van der Waals surface area contributed by atoms with Gasteiger partial charge in [0.15, 0.2) is 5.13 Å². The number of hydrogen-bond donors (Lipinski definition) is 2. The van der Waals surface area contributed by atoms with E-state index in [9.17, 15) is 9.90 Å². The monoisotopic (exact) mass is 333 g/mol. The summed E-state index contributed by atoms with van der Waals surface area (Å²) in [5, 5.41) is 13.1. The average molecular weight is 333 g/mol. The van der Waals surface area contributed by atoms with Crippen LogP contribution in [0.25, 0.3) is 10.2 Å². The quantitative estimate of drug-likeness (QED) is 0.853. The van der Waals surface area contributed by atoms with Crippen molar-refractivity contribution in [1.82, 2.24) is 10.3 Å². The number of thiazole rings is 1. The molecule has 8 heteroatoms. The van der Waals surface area contributed by atoms with Gasteiger partial charge in [-0.25, -0.2) is 9.78 Å². The summed E-state index contributed by atoms with van der Waals surface area (Å²) in [7, 11) is 0. The Labute approximate surface area is 135 Å². The molecule has 2 amide bonds. The molecule has 1 aromatic heterocycles. The van der Waals surface area contributed by atoms with E-state index in [1.165, 1.54) is 11.3 Å². The van der Waals surface area contributed by atoms with Crippen LogP contribution in [0.1, 0.15) is 5.56 Å². The number of ether oxygens (including phenoxy) is 2. The summed E-state index contributed by atoms with van der Waals surface area (Å²) in [6, 6.07) is 3.47. The minimum Gasteiger partial charge on any atom is -0.493 e. The van der Waals surface area contributed by atoms with Crippen LogP contribution in [0.3, 0.4) is 0 Å². The molecule has 2 aromatic rings. The molecule has 0 saturated carbocycles. The minimum absolute atomic E-state index is 0.0966. The molecule has 3 aliphatic heterocycles. The lowest BCUT2D eigenvalue weighted by atomic mass is 10.1. The number of nitrogens with zero attached hydrogens (tertiary/aromatic N) is 2. The van der Waals surface area contributed by atoms with Crippen molar-refractivity contribution in [2.45, 2.75) is 24.6 Å². The molecule has 120 valence electrons. The summed E-state index contributed by atoms with van der Waals surface area (Å²) in [6.45, 7) is 0.990. The maximum Gasteiger partial charge on any atom is 0.324 e. The van der Waals surface area contributed by atoms with Gasteiger partial charge >= 0.3 is 6.03 Å². The first-order chi connectivity index (χ1) is 11.3. The van der Waals surface area contributed by atoms with Crippen molar-refractivity contribution in [3.05, 3.63) is 17.7 Å². The number of urea groups is 1. The molecule has 23 heavy (non-hydrogen) atoms. The first kappa shape index (κ1) is 13.5. The predicted octanol–water partition coefficient (Wildman–Crippen LogP) is 0.889. The molecule has 0 aliphatic carbocycles. The van der Waals surface area contributed by atoms with Crippen molar-refractivity contribution in [1.29, 1.82) is 0 Å². The SMILES string of the molecule is O=C1N[C@@H]2CO[C@H](CO)[C@@H]2N1c1nc2c3c(ccc2s1)OCC3. The van der Waals surface area contributed by atoms with Crippen LogP contribution >= 0.6 is 11.3 Å². The largest absolute Gasteiger partial charge is 0.493 e. The molecule has 4 heterocycles. The van der Waals surface area contributed by atoms with Gasteiger partial charge in [-0.15, -0.1) is 0 Å². The highest BCUT2D eigenvalue weighted by molar-refractivity contribution is 7.22. The molecule has 3 atom stereocenters. The highest BCUT2D eigenvalue weighted by Crippen LogP contribution is 2.40. The molecule has 0 unspecified atom stereocenters. The number of carbonyl (C=O) groups is 1. The number of anilines is 1. The summed E-state index contributed by atoms with van der Waals surface area (Å²) in [6.07, 6.45) is 0.469. The van der Waals surface area contributed by atoms with Crippen LogP contribution in [0.5, 0.6) is 5.75 Å². The van der Waals surface area contributed by atoms with Crippen LogP contribution in [-0.4, -0.2) is 54.1 Å². The molecule has 2 saturated heterocycles. The number of aliphatic hydroxyl groups is 1. The van der Waals surface area contributed by atoms with Gasteiger partial charge in [-0.1, -0.05) is 11.3 Å². The number of aromatic nitrogens is 1. The lowest BCUT2D eigenvalue weighted by Gasteiger charge is -2.23.